The fraction of sp³-hybridized carbons (Fsp3) is 0.812. The van der Waals surface area contributed by atoms with Crippen LogP contribution in [0, 0.1) is 5.92 Å². The number of ether oxygens (including phenoxy) is 1. The average Bonchev–Trinajstić information content (AvgIpc) is 2.40. The SMILES string of the molecule is CC(C)(C)OC(=O)NC/C=C/CNC1CCCC(C(F)(F)F)C1. The van der Waals surface area contributed by atoms with Crippen molar-refractivity contribution in [1.82, 2.24) is 10.6 Å². The number of nitrogens with one attached hydrogen (secondary N) is 2. The molecule has 0 aliphatic heterocycles. The van der Waals surface area contributed by atoms with Crippen molar-refractivity contribution in [3.63, 3.8) is 0 Å². The van der Waals surface area contributed by atoms with Gasteiger partial charge in [0.25, 0.3) is 0 Å². The summed E-state index contributed by atoms with van der Waals surface area (Å²) in [5.74, 6) is -1.19. The van der Waals surface area contributed by atoms with Gasteiger partial charge in [-0.05, 0) is 40.0 Å². The second-order valence-corrected chi connectivity index (χ2v) is 6.86. The molecule has 0 spiro atoms. The van der Waals surface area contributed by atoms with Crippen LogP contribution in [-0.2, 0) is 4.74 Å². The van der Waals surface area contributed by atoms with Gasteiger partial charge >= 0.3 is 12.3 Å². The van der Waals surface area contributed by atoms with Crippen LogP contribution in [0.4, 0.5) is 18.0 Å². The number of carbonyl (C=O) groups is 1. The van der Waals surface area contributed by atoms with Crippen molar-refractivity contribution in [3.05, 3.63) is 12.2 Å². The van der Waals surface area contributed by atoms with Crippen LogP contribution in [0.25, 0.3) is 0 Å². The van der Waals surface area contributed by atoms with Crippen LogP contribution in [0.5, 0.6) is 0 Å². The molecular formula is C16H27F3N2O2. The number of halogens is 3. The molecule has 1 aliphatic rings. The Balaban J connectivity index is 2.18. The molecule has 2 N–H and O–H groups in total. The van der Waals surface area contributed by atoms with Crippen LogP contribution in [0.2, 0.25) is 0 Å². The lowest BCUT2D eigenvalue weighted by molar-refractivity contribution is -0.183. The number of alkyl halides is 3. The zero-order valence-electron chi connectivity index (χ0n) is 14.0. The second-order valence-electron chi connectivity index (χ2n) is 6.86. The molecule has 1 rings (SSSR count). The van der Waals surface area contributed by atoms with Crippen LogP contribution in [0.15, 0.2) is 12.2 Å². The number of carbonyl (C=O) groups excluding carboxylic acids is 1. The molecule has 0 aromatic carbocycles. The first-order chi connectivity index (χ1) is 10.6. The van der Waals surface area contributed by atoms with Gasteiger partial charge in [-0.1, -0.05) is 18.6 Å². The third-order valence-electron chi connectivity index (χ3n) is 3.59. The highest BCUT2D eigenvalue weighted by molar-refractivity contribution is 5.67. The molecule has 4 nitrogen and oxygen atoms in total. The van der Waals surface area contributed by atoms with Crippen LogP contribution < -0.4 is 10.6 Å². The number of alkyl carbamates (subject to hydrolysis) is 1. The van der Waals surface area contributed by atoms with E-state index in [9.17, 15) is 18.0 Å². The van der Waals surface area contributed by atoms with Crippen LogP contribution in [0.3, 0.4) is 0 Å². The van der Waals surface area contributed by atoms with Crippen molar-refractivity contribution in [2.24, 2.45) is 5.92 Å². The summed E-state index contributed by atoms with van der Waals surface area (Å²) < 4.78 is 43.2. The van der Waals surface area contributed by atoms with E-state index < -0.39 is 23.8 Å². The summed E-state index contributed by atoms with van der Waals surface area (Å²) in [5.41, 5.74) is -0.536. The number of hydrogen-bond donors (Lipinski definition) is 2. The first-order valence-electron chi connectivity index (χ1n) is 8.00. The molecule has 23 heavy (non-hydrogen) atoms. The van der Waals surface area contributed by atoms with E-state index in [2.05, 4.69) is 10.6 Å². The van der Waals surface area contributed by atoms with Gasteiger partial charge in [-0.2, -0.15) is 13.2 Å². The fourth-order valence-electron chi connectivity index (χ4n) is 2.53. The minimum atomic E-state index is -4.09. The Morgan fingerprint density at radius 3 is 2.43 bits per heavy atom. The predicted molar refractivity (Wildman–Crippen MR) is 83.2 cm³/mol. The van der Waals surface area contributed by atoms with E-state index in [0.717, 1.165) is 6.42 Å². The van der Waals surface area contributed by atoms with E-state index in [4.69, 9.17) is 4.74 Å². The lowest BCUT2D eigenvalue weighted by Gasteiger charge is -2.30. The minimum Gasteiger partial charge on any atom is -0.444 e. The van der Waals surface area contributed by atoms with Crippen molar-refractivity contribution < 1.29 is 22.7 Å². The second kappa shape index (κ2) is 8.57. The maximum Gasteiger partial charge on any atom is 0.407 e. The average molecular weight is 336 g/mol. The maximum atomic E-state index is 12.7. The van der Waals surface area contributed by atoms with E-state index in [-0.39, 0.29) is 18.9 Å². The van der Waals surface area contributed by atoms with Crippen molar-refractivity contribution >= 4 is 6.09 Å². The Morgan fingerprint density at radius 2 is 1.83 bits per heavy atom. The molecule has 0 bridgehead atoms. The highest BCUT2D eigenvalue weighted by atomic mass is 19.4. The van der Waals surface area contributed by atoms with Gasteiger partial charge in [0, 0.05) is 19.1 Å². The van der Waals surface area contributed by atoms with Crippen molar-refractivity contribution in [1.29, 1.82) is 0 Å². The summed E-state index contributed by atoms with van der Waals surface area (Å²) in [4.78, 5) is 11.4. The Bertz CT molecular complexity index is 403. The van der Waals surface area contributed by atoms with E-state index in [1.165, 1.54) is 0 Å². The predicted octanol–water partition coefficient (Wildman–Crippen LogP) is 3.78. The zero-order chi connectivity index (χ0) is 17.5. The van der Waals surface area contributed by atoms with Gasteiger partial charge in [-0.25, -0.2) is 4.79 Å². The molecule has 7 heteroatoms. The standard InChI is InChI=1S/C16H27F3N2O2/c1-15(2,3)23-14(22)21-10-5-4-9-20-13-8-6-7-12(11-13)16(17,18)19/h4-5,12-13,20H,6-11H2,1-3H3,(H,21,22)/b5-4+. The molecule has 0 aromatic heterocycles. The Labute approximate surface area is 135 Å². The smallest absolute Gasteiger partial charge is 0.407 e. The van der Waals surface area contributed by atoms with Gasteiger partial charge in [-0.3, -0.25) is 0 Å². The first-order valence-corrected chi connectivity index (χ1v) is 8.00. The summed E-state index contributed by atoms with van der Waals surface area (Å²) in [6, 6.07) is -0.0983. The molecule has 0 heterocycles. The molecule has 2 unspecified atom stereocenters. The number of hydrogen-bond acceptors (Lipinski definition) is 3. The Hall–Kier alpha value is -1.24. The Kier molecular flexibility index (Phi) is 7.38. The monoisotopic (exact) mass is 336 g/mol. The first kappa shape index (κ1) is 19.8. The van der Waals surface area contributed by atoms with Gasteiger partial charge < -0.3 is 15.4 Å². The van der Waals surface area contributed by atoms with E-state index in [1.807, 2.05) is 0 Å². The van der Waals surface area contributed by atoms with Gasteiger partial charge in [0.05, 0.1) is 5.92 Å². The Morgan fingerprint density at radius 1 is 1.17 bits per heavy atom. The topological polar surface area (TPSA) is 50.4 Å². The molecule has 0 radical (unpaired) electrons. The summed E-state index contributed by atoms with van der Waals surface area (Å²) in [7, 11) is 0. The fourth-order valence-corrected chi connectivity index (χ4v) is 2.53. The van der Waals surface area contributed by atoms with Crippen LogP contribution >= 0.6 is 0 Å². The zero-order valence-corrected chi connectivity index (χ0v) is 14.0. The van der Waals surface area contributed by atoms with Crippen molar-refractivity contribution in [2.75, 3.05) is 13.1 Å². The lowest BCUT2D eigenvalue weighted by Crippen LogP contribution is -2.38. The summed E-state index contributed by atoms with van der Waals surface area (Å²) in [6.07, 6.45) is 0.728. The van der Waals surface area contributed by atoms with Crippen LogP contribution in [-0.4, -0.2) is 37.0 Å². The molecule has 1 saturated carbocycles. The number of amides is 1. The molecule has 0 saturated heterocycles. The highest BCUT2D eigenvalue weighted by Crippen LogP contribution is 2.37. The molecule has 0 aromatic rings. The van der Waals surface area contributed by atoms with Crippen molar-refractivity contribution in [3.8, 4) is 0 Å². The quantitative estimate of drug-likeness (QED) is 0.751. The summed E-state index contributed by atoms with van der Waals surface area (Å²) in [6.45, 7) is 6.16. The third kappa shape index (κ3) is 8.83. The van der Waals surface area contributed by atoms with Gasteiger partial charge in [0.15, 0.2) is 0 Å². The third-order valence-corrected chi connectivity index (χ3v) is 3.59. The lowest BCUT2D eigenvalue weighted by atomic mass is 9.85. The van der Waals surface area contributed by atoms with E-state index in [1.54, 1.807) is 32.9 Å². The summed E-state index contributed by atoms with van der Waals surface area (Å²) in [5, 5.41) is 5.70. The molecule has 2 atom stereocenters. The molecule has 1 aliphatic carbocycles. The van der Waals surface area contributed by atoms with Gasteiger partial charge in [0.1, 0.15) is 5.60 Å². The maximum absolute atomic E-state index is 12.7. The molecular weight excluding hydrogens is 309 g/mol. The summed E-state index contributed by atoms with van der Waals surface area (Å²) >= 11 is 0. The largest absolute Gasteiger partial charge is 0.444 e. The van der Waals surface area contributed by atoms with E-state index in [0.29, 0.717) is 19.5 Å². The molecule has 134 valence electrons. The highest BCUT2D eigenvalue weighted by Gasteiger charge is 2.41. The van der Waals surface area contributed by atoms with Gasteiger partial charge in [0.2, 0.25) is 0 Å². The number of rotatable bonds is 5. The van der Waals surface area contributed by atoms with E-state index >= 15 is 0 Å². The van der Waals surface area contributed by atoms with Gasteiger partial charge in [-0.15, -0.1) is 0 Å². The molecule has 1 fully saturated rings. The minimum absolute atomic E-state index is 0.0983. The molecule has 1 amide bonds. The van der Waals surface area contributed by atoms with Crippen LogP contribution in [0.1, 0.15) is 46.5 Å². The van der Waals surface area contributed by atoms with Crippen molar-refractivity contribution in [2.45, 2.75) is 64.3 Å². The normalized spacial score (nSPS) is 23.0.